The molecule has 0 unspecified atom stereocenters. The third-order valence-corrected chi connectivity index (χ3v) is 1.89. The molecule has 2 N–H and O–H groups in total. The van der Waals surface area contributed by atoms with Crippen molar-refractivity contribution in [3.05, 3.63) is 23.8 Å². The number of aryl methyl sites for hydroxylation is 1. The summed E-state index contributed by atoms with van der Waals surface area (Å²) in [4.78, 5) is 0. The highest BCUT2D eigenvalue weighted by atomic mass is 19.4. The van der Waals surface area contributed by atoms with Crippen molar-refractivity contribution in [2.75, 3.05) is 6.61 Å². The van der Waals surface area contributed by atoms with E-state index in [9.17, 15) is 13.2 Å². The first-order chi connectivity index (χ1) is 7.29. The number of halogens is 3. The molecule has 88 valence electrons. The van der Waals surface area contributed by atoms with Gasteiger partial charge in [-0.05, 0) is 24.0 Å². The lowest BCUT2D eigenvalue weighted by atomic mass is 9.79. The van der Waals surface area contributed by atoms with E-state index in [1.165, 1.54) is 25.1 Å². The van der Waals surface area contributed by atoms with E-state index >= 15 is 0 Å². The predicted octanol–water partition coefficient (Wildman–Crippen LogP) is 0.616. The second-order valence-corrected chi connectivity index (χ2v) is 3.30. The molecule has 0 saturated heterocycles. The number of hydrogen-bond acceptors (Lipinski definition) is 3. The van der Waals surface area contributed by atoms with E-state index < -0.39 is 19.9 Å². The molecule has 0 aliphatic rings. The Hall–Kier alpha value is -1.21. The zero-order valence-corrected chi connectivity index (χ0v) is 8.45. The van der Waals surface area contributed by atoms with Crippen molar-refractivity contribution in [1.82, 2.24) is 0 Å². The van der Waals surface area contributed by atoms with Crippen LogP contribution in [-0.4, -0.2) is 29.9 Å². The average molecular weight is 234 g/mol. The number of alkyl halides is 3. The van der Waals surface area contributed by atoms with E-state index in [0.29, 0.717) is 5.56 Å². The highest BCUT2D eigenvalue weighted by Gasteiger charge is 2.28. The van der Waals surface area contributed by atoms with Gasteiger partial charge >= 0.3 is 13.3 Å². The van der Waals surface area contributed by atoms with Gasteiger partial charge < -0.3 is 14.8 Å². The summed E-state index contributed by atoms with van der Waals surface area (Å²) in [6.07, 6.45) is -4.39. The van der Waals surface area contributed by atoms with Crippen LogP contribution in [-0.2, 0) is 0 Å². The number of benzene rings is 1. The quantitative estimate of drug-likeness (QED) is 0.753. The van der Waals surface area contributed by atoms with Gasteiger partial charge in [0.05, 0.1) is 0 Å². The van der Waals surface area contributed by atoms with E-state index in [4.69, 9.17) is 10.0 Å². The normalized spacial score (nSPS) is 11.4. The lowest BCUT2D eigenvalue weighted by Crippen LogP contribution is -2.30. The molecule has 0 bridgehead atoms. The standard InChI is InChI=1S/C9H10BF3O3/c1-6-4-7(10(14)15)2-3-8(6)16-5-9(11,12)13/h2-4,14-15H,5H2,1H3. The van der Waals surface area contributed by atoms with Crippen LogP contribution in [0.4, 0.5) is 13.2 Å². The van der Waals surface area contributed by atoms with Gasteiger partial charge in [0.1, 0.15) is 5.75 Å². The summed E-state index contributed by atoms with van der Waals surface area (Å²) in [6, 6.07) is 3.93. The van der Waals surface area contributed by atoms with Gasteiger partial charge in [0.2, 0.25) is 0 Å². The first kappa shape index (κ1) is 12.9. The monoisotopic (exact) mass is 234 g/mol. The van der Waals surface area contributed by atoms with Crippen LogP contribution in [0, 0.1) is 6.92 Å². The Kier molecular flexibility index (Phi) is 3.82. The largest absolute Gasteiger partial charge is 0.488 e. The van der Waals surface area contributed by atoms with Crippen LogP contribution in [0.3, 0.4) is 0 Å². The number of rotatable bonds is 3. The van der Waals surface area contributed by atoms with Crippen LogP contribution in [0.15, 0.2) is 18.2 Å². The zero-order valence-electron chi connectivity index (χ0n) is 8.45. The average Bonchev–Trinajstić information content (AvgIpc) is 2.14. The summed E-state index contributed by atoms with van der Waals surface area (Å²) < 4.78 is 40.2. The molecule has 0 radical (unpaired) electrons. The summed E-state index contributed by atoms with van der Waals surface area (Å²) >= 11 is 0. The fourth-order valence-corrected chi connectivity index (χ4v) is 1.15. The molecule has 0 atom stereocenters. The molecule has 0 saturated carbocycles. The second kappa shape index (κ2) is 4.75. The van der Waals surface area contributed by atoms with Gasteiger partial charge in [0, 0.05) is 0 Å². The Balaban J connectivity index is 2.76. The first-order valence-electron chi connectivity index (χ1n) is 4.46. The molecule has 0 aliphatic carbocycles. The van der Waals surface area contributed by atoms with Crippen molar-refractivity contribution < 1.29 is 28.0 Å². The highest BCUT2D eigenvalue weighted by molar-refractivity contribution is 6.58. The van der Waals surface area contributed by atoms with E-state index in [2.05, 4.69) is 4.74 Å². The van der Waals surface area contributed by atoms with Crippen LogP contribution in [0.1, 0.15) is 5.56 Å². The Morgan fingerprint density at radius 1 is 1.31 bits per heavy atom. The summed E-state index contributed by atoms with van der Waals surface area (Å²) in [6.45, 7) is 0.159. The maximum Gasteiger partial charge on any atom is 0.488 e. The van der Waals surface area contributed by atoms with Crippen LogP contribution < -0.4 is 10.2 Å². The minimum absolute atomic E-state index is 0.0710. The number of ether oxygens (including phenoxy) is 1. The van der Waals surface area contributed by atoms with Crippen molar-refractivity contribution in [1.29, 1.82) is 0 Å². The van der Waals surface area contributed by atoms with E-state index in [-0.39, 0.29) is 11.2 Å². The summed E-state index contributed by atoms with van der Waals surface area (Å²) in [5, 5.41) is 17.7. The minimum Gasteiger partial charge on any atom is -0.484 e. The van der Waals surface area contributed by atoms with Crippen molar-refractivity contribution in [3.8, 4) is 5.75 Å². The summed E-state index contributed by atoms with van der Waals surface area (Å²) in [5.74, 6) is 0.0710. The van der Waals surface area contributed by atoms with E-state index in [0.717, 1.165) is 0 Å². The molecule has 0 heterocycles. The molecule has 0 amide bonds. The summed E-state index contributed by atoms with van der Waals surface area (Å²) in [7, 11) is -1.64. The molecule has 3 nitrogen and oxygen atoms in total. The topological polar surface area (TPSA) is 49.7 Å². The Labute approximate surface area is 90.6 Å². The lowest BCUT2D eigenvalue weighted by Gasteiger charge is -2.12. The second-order valence-electron chi connectivity index (χ2n) is 3.30. The predicted molar refractivity (Wildman–Crippen MR) is 52.6 cm³/mol. The molecule has 7 heteroatoms. The molecule has 1 rings (SSSR count). The van der Waals surface area contributed by atoms with Crippen molar-refractivity contribution in [3.63, 3.8) is 0 Å². The lowest BCUT2D eigenvalue weighted by molar-refractivity contribution is -0.153. The Morgan fingerprint density at radius 3 is 2.38 bits per heavy atom. The Bertz CT molecular complexity index is 366. The SMILES string of the molecule is Cc1cc(B(O)O)ccc1OCC(F)(F)F. The van der Waals surface area contributed by atoms with Gasteiger partial charge in [-0.1, -0.05) is 12.1 Å². The third-order valence-electron chi connectivity index (χ3n) is 1.89. The summed E-state index contributed by atoms with van der Waals surface area (Å²) in [5.41, 5.74) is 0.617. The molecule has 0 fully saturated rings. The van der Waals surface area contributed by atoms with Gasteiger partial charge in [-0.2, -0.15) is 13.2 Å². The minimum atomic E-state index is -4.39. The number of hydrogen-bond donors (Lipinski definition) is 2. The molecular formula is C9H10BF3O3. The fourth-order valence-electron chi connectivity index (χ4n) is 1.15. The van der Waals surface area contributed by atoms with Crippen molar-refractivity contribution in [2.45, 2.75) is 13.1 Å². The maximum absolute atomic E-state index is 11.9. The first-order valence-corrected chi connectivity index (χ1v) is 4.46. The van der Waals surface area contributed by atoms with Crippen LogP contribution in [0.25, 0.3) is 0 Å². The van der Waals surface area contributed by atoms with Gasteiger partial charge in [-0.3, -0.25) is 0 Å². The fraction of sp³-hybridized carbons (Fsp3) is 0.333. The van der Waals surface area contributed by atoms with Crippen molar-refractivity contribution >= 4 is 12.6 Å². The molecule has 1 aromatic rings. The Morgan fingerprint density at radius 2 is 1.94 bits per heavy atom. The van der Waals surface area contributed by atoms with Crippen LogP contribution in [0.5, 0.6) is 5.75 Å². The van der Waals surface area contributed by atoms with Crippen LogP contribution in [0.2, 0.25) is 0 Å². The van der Waals surface area contributed by atoms with Gasteiger partial charge in [0.15, 0.2) is 6.61 Å². The van der Waals surface area contributed by atoms with Crippen LogP contribution >= 0.6 is 0 Å². The molecule has 0 spiro atoms. The highest BCUT2D eigenvalue weighted by Crippen LogP contribution is 2.20. The maximum atomic E-state index is 11.9. The van der Waals surface area contributed by atoms with E-state index in [1.807, 2.05) is 0 Å². The van der Waals surface area contributed by atoms with Crippen molar-refractivity contribution in [2.24, 2.45) is 0 Å². The van der Waals surface area contributed by atoms with Gasteiger partial charge in [-0.15, -0.1) is 0 Å². The van der Waals surface area contributed by atoms with E-state index in [1.54, 1.807) is 0 Å². The smallest absolute Gasteiger partial charge is 0.484 e. The molecule has 1 aromatic carbocycles. The molecule has 16 heavy (non-hydrogen) atoms. The van der Waals surface area contributed by atoms with Gasteiger partial charge in [0.25, 0.3) is 0 Å². The third kappa shape index (κ3) is 3.75. The molecule has 0 aromatic heterocycles. The zero-order chi connectivity index (χ0) is 12.3. The molecular weight excluding hydrogens is 224 g/mol. The molecule has 0 aliphatic heterocycles. The van der Waals surface area contributed by atoms with Gasteiger partial charge in [-0.25, -0.2) is 0 Å².